The Balaban J connectivity index is 1.84. The van der Waals surface area contributed by atoms with Crippen molar-refractivity contribution in [2.24, 2.45) is 5.92 Å². The number of ether oxygens (including phenoxy) is 1. The summed E-state index contributed by atoms with van der Waals surface area (Å²) in [7, 11) is 0. The van der Waals surface area contributed by atoms with E-state index in [0.29, 0.717) is 12.1 Å². The van der Waals surface area contributed by atoms with E-state index in [1.54, 1.807) is 6.92 Å². The van der Waals surface area contributed by atoms with Crippen LogP contribution in [0.25, 0.3) is 0 Å². The summed E-state index contributed by atoms with van der Waals surface area (Å²) in [5.74, 6) is 0.761. The minimum atomic E-state index is -0.813. The molecule has 0 unspecified atom stereocenters. The molecule has 0 radical (unpaired) electrons. The third-order valence-electron chi connectivity index (χ3n) is 4.75. The van der Waals surface area contributed by atoms with Crippen LogP contribution in [0.5, 0.6) is 0 Å². The normalized spacial score (nSPS) is 27.5. The van der Waals surface area contributed by atoms with Crippen molar-refractivity contribution in [3.63, 3.8) is 0 Å². The van der Waals surface area contributed by atoms with Crippen LogP contribution >= 0.6 is 0 Å². The van der Waals surface area contributed by atoms with Crippen LogP contribution in [0.15, 0.2) is 15.8 Å². The second kappa shape index (κ2) is 6.59. The first-order valence-corrected chi connectivity index (χ1v) is 8.28. The Morgan fingerprint density at radius 1 is 1.35 bits per heavy atom. The van der Waals surface area contributed by atoms with E-state index in [9.17, 15) is 19.8 Å². The fourth-order valence-corrected chi connectivity index (χ4v) is 3.16. The molecule has 1 aromatic rings. The quantitative estimate of drug-likeness (QED) is 0.777. The molecule has 0 amide bonds. The molecule has 2 N–H and O–H groups in total. The van der Waals surface area contributed by atoms with Crippen molar-refractivity contribution >= 4 is 0 Å². The van der Waals surface area contributed by atoms with E-state index in [-0.39, 0.29) is 18.6 Å². The van der Waals surface area contributed by atoms with E-state index in [0.717, 1.165) is 18.8 Å². The fraction of sp³-hybridized carbons (Fsp3) is 0.750. The van der Waals surface area contributed by atoms with Crippen LogP contribution in [0.3, 0.4) is 0 Å². The minimum absolute atomic E-state index is 0.227. The number of hydrogen-bond donors (Lipinski definition) is 2. The Morgan fingerprint density at radius 3 is 2.70 bits per heavy atom. The Morgan fingerprint density at radius 2 is 2.09 bits per heavy atom. The van der Waals surface area contributed by atoms with Crippen LogP contribution in [-0.4, -0.2) is 38.2 Å². The molecule has 1 saturated carbocycles. The van der Waals surface area contributed by atoms with Crippen molar-refractivity contribution in [1.82, 2.24) is 9.13 Å². The summed E-state index contributed by atoms with van der Waals surface area (Å²) in [4.78, 5) is 24.9. The highest BCUT2D eigenvalue weighted by atomic mass is 16.5. The number of aryl methyl sites for hydroxylation is 1. The molecule has 0 aromatic carbocycles. The maximum Gasteiger partial charge on any atom is 0.333 e. The second-order valence-electron chi connectivity index (χ2n) is 6.66. The molecule has 1 aliphatic carbocycles. The number of aliphatic hydroxyl groups excluding tert-OH is 2. The molecule has 128 valence electrons. The van der Waals surface area contributed by atoms with Gasteiger partial charge in [0, 0.05) is 24.7 Å². The zero-order chi connectivity index (χ0) is 16.6. The van der Waals surface area contributed by atoms with Crippen LogP contribution < -0.4 is 11.2 Å². The standard InChI is InChI=1S/C16H24N2O5/c1-10-8-18(14-7-12(20)13(9-19)23-14)16(22)17(15(10)21)6-2-3-11-4-5-11/h8,11-14,19-20H,2-7,9H2,1H3/t12-,13+,14+/m0/s1. The lowest BCUT2D eigenvalue weighted by molar-refractivity contribution is -0.0464. The van der Waals surface area contributed by atoms with Crippen LogP contribution in [-0.2, 0) is 11.3 Å². The first-order valence-electron chi connectivity index (χ1n) is 8.28. The van der Waals surface area contributed by atoms with Crippen LogP contribution in [0.4, 0.5) is 0 Å². The third kappa shape index (κ3) is 3.41. The van der Waals surface area contributed by atoms with Gasteiger partial charge in [0.2, 0.25) is 0 Å². The number of aromatic nitrogens is 2. The van der Waals surface area contributed by atoms with Gasteiger partial charge in [0.1, 0.15) is 12.3 Å². The maximum atomic E-state index is 12.6. The van der Waals surface area contributed by atoms with Crippen molar-refractivity contribution < 1.29 is 14.9 Å². The van der Waals surface area contributed by atoms with Gasteiger partial charge in [0.25, 0.3) is 5.56 Å². The molecule has 2 fully saturated rings. The van der Waals surface area contributed by atoms with Crippen LogP contribution in [0, 0.1) is 12.8 Å². The Kier molecular flexibility index (Phi) is 4.70. The van der Waals surface area contributed by atoms with Gasteiger partial charge in [-0.15, -0.1) is 0 Å². The summed E-state index contributed by atoms with van der Waals surface area (Å²) >= 11 is 0. The number of rotatable bonds is 6. The molecule has 2 heterocycles. The van der Waals surface area contributed by atoms with E-state index in [4.69, 9.17) is 4.74 Å². The monoisotopic (exact) mass is 324 g/mol. The minimum Gasteiger partial charge on any atom is -0.394 e. The molecule has 7 nitrogen and oxygen atoms in total. The van der Waals surface area contributed by atoms with E-state index in [1.165, 1.54) is 28.2 Å². The van der Waals surface area contributed by atoms with E-state index >= 15 is 0 Å². The van der Waals surface area contributed by atoms with E-state index in [2.05, 4.69) is 0 Å². The van der Waals surface area contributed by atoms with Crippen molar-refractivity contribution in [2.45, 2.75) is 64.0 Å². The summed E-state index contributed by atoms with van der Waals surface area (Å²) in [5.41, 5.74) is -0.201. The Hall–Kier alpha value is -1.44. The summed E-state index contributed by atoms with van der Waals surface area (Å²) in [6.45, 7) is 1.78. The third-order valence-corrected chi connectivity index (χ3v) is 4.75. The maximum absolute atomic E-state index is 12.6. The van der Waals surface area contributed by atoms with Crippen molar-refractivity contribution in [1.29, 1.82) is 0 Å². The predicted molar refractivity (Wildman–Crippen MR) is 83.3 cm³/mol. The van der Waals surface area contributed by atoms with Crippen LogP contribution in [0.1, 0.15) is 43.9 Å². The van der Waals surface area contributed by atoms with Gasteiger partial charge < -0.3 is 14.9 Å². The van der Waals surface area contributed by atoms with Gasteiger partial charge in [-0.05, 0) is 25.7 Å². The highest BCUT2D eigenvalue weighted by Gasteiger charge is 2.35. The molecule has 1 aliphatic heterocycles. The van der Waals surface area contributed by atoms with Gasteiger partial charge in [-0.3, -0.25) is 13.9 Å². The smallest absolute Gasteiger partial charge is 0.333 e. The summed E-state index contributed by atoms with van der Waals surface area (Å²) in [5, 5.41) is 19.0. The van der Waals surface area contributed by atoms with Crippen molar-refractivity contribution in [3.8, 4) is 0 Å². The lowest BCUT2D eigenvalue weighted by atomic mass is 10.2. The van der Waals surface area contributed by atoms with E-state index in [1.807, 2.05) is 0 Å². The number of aliphatic hydroxyl groups is 2. The van der Waals surface area contributed by atoms with E-state index < -0.39 is 24.1 Å². The van der Waals surface area contributed by atoms with Gasteiger partial charge in [-0.1, -0.05) is 12.8 Å². The van der Waals surface area contributed by atoms with Gasteiger partial charge in [0.05, 0.1) is 12.7 Å². The molecule has 7 heteroatoms. The molecule has 2 aliphatic rings. The highest BCUT2D eigenvalue weighted by Crippen LogP contribution is 2.33. The lowest BCUT2D eigenvalue weighted by Gasteiger charge is -2.17. The Labute approximate surface area is 134 Å². The lowest BCUT2D eigenvalue weighted by Crippen LogP contribution is -2.42. The molecule has 3 rings (SSSR count). The topological polar surface area (TPSA) is 93.7 Å². The SMILES string of the molecule is Cc1cn([C@H]2C[C@H](O)[C@@H](CO)O2)c(=O)n(CCCC2CC2)c1=O. The first kappa shape index (κ1) is 16.4. The molecular formula is C16H24N2O5. The highest BCUT2D eigenvalue weighted by molar-refractivity contribution is 5.04. The Bertz CT molecular complexity index is 676. The molecule has 1 aromatic heterocycles. The molecule has 3 atom stereocenters. The second-order valence-corrected chi connectivity index (χ2v) is 6.66. The van der Waals surface area contributed by atoms with Gasteiger partial charge >= 0.3 is 5.69 Å². The number of hydrogen-bond acceptors (Lipinski definition) is 5. The molecule has 0 bridgehead atoms. The number of nitrogens with zero attached hydrogens (tertiary/aromatic N) is 2. The summed E-state index contributed by atoms with van der Waals surface area (Å²) in [6.07, 6.45) is 3.93. The summed E-state index contributed by atoms with van der Waals surface area (Å²) < 4.78 is 8.17. The zero-order valence-corrected chi connectivity index (χ0v) is 13.4. The van der Waals surface area contributed by atoms with Gasteiger partial charge in [-0.2, -0.15) is 0 Å². The van der Waals surface area contributed by atoms with Crippen LogP contribution in [0.2, 0.25) is 0 Å². The first-order chi connectivity index (χ1) is 11.0. The van der Waals surface area contributed by atoms with Gasteiger partial charge in [0.15, 0.2) is 0 Å². The van der Waals surface area contributed by atoms with Crippen molar-refractivity contribution in [3.05, 3.63) is 32.6 Å². The largest absolute Gasteiger partial charge is 0.394 e. The predicted octanol–water partition coefficient (Wildman–Crippen LogP) is 0.149. The fourth-order valence-electron chi connectivity index (χ4n) is 3.16. The molecule has 1 saturated heterocycles. The molecular weight excluding hydrogens is 300 g/mol. The molecule has 0 spiro atoms. The average molecular weight is 324 g/mol. The van der Waals surface area contributed by atoms with Crippen molar-refractivity contribution in [2.75, 3.05) is 6.61 Å². The zero-order valence-electron chi connectivity index (χ0n) is 13.4. The summed E-state index contributed by atoms with van der Waals surface area (Å²) in [6, 6.07) is 0. The molecule has 23 heavy (non-hydrogen) atoms. The van der Waals surface area contributed by atoms with Gasteiger partial charge in [-0.25, -0.2) is 4.79 Å². The average Bonchev–Trinajstić information content (AvgIpc) is 3.27.